The Balaban J connectivity index is 1.52. The number of rotatable bonds is 6. The number of hydrogen-bond acceptors (Lipinski definition) is 4. The molecule has 1 N–H and O–H groups in total. The summed E-state index contributed by atoms with van der Waals surface area (Å²) in [7, 11) is 0. The van der Waals surface area contributed by atoms with Gasteiger partial charge >= 0.3 is 0 Å². The molecule has 0 spiro atoms. The van der Waals surface area contributed by atoms with Gasteiger partial charge in [-0.25, -0.2) is 4.98 Å². The number of para-hydroxylation sites is 2. The summed E-state index contributed by atoms with van der Waals surface area (Å²) in [6.07, 6.45) is 3.25. The van der Waals surface area contributed by atoms with E-state index in [1.807, 2.05) is 65.8 Å². The number of fused-ring (bicyclic) bond motifs is 1. The first kappa shape index (κ1) is 23.4. The maximum absolute atomic E-state index is 13.3. The minimum Gasteiger partial charge on any atom is -0.336 e. The van der Waals surface area contributed by atoms with Gasteiger partial charge in [0.1, 0.15) is 6.54 Å². The Morgan fingerprint density at radius 2 is 1.79 bits per heavy atom. The molecule has 2 unspecified atom stereocenters. The van der Waals surface area contributed by atoms with E-state index in [4.69, 9.17) is 4.98 Å². The lowest BCUT2D eigenvalue weighted by atomic mass is 9.97. The molecule has 0 radical (unpaired) electrons. The van der Waals surface area contributed by atoms with E-state index in [0.717, 1.165) is 47.1 Å². The van der Waals surface area contributed by atoms with Crippen LogP contribution in [0.1, 0.15) is 44.2 Å². The van der Waals surface area contributed by atoms with Gasteiger partial charge in [0.2, 0.25) is 11.8 Å². The SMILES string of the molecule is Cc1cccc(NC(=O)CSc2nc3ccccc3n2CC(=O)N2C(C)CCCC2C)c1C. The average molecular weight is 465 g/mol. The summed E-state index contributed by atoms with van der Waals surface area (Å²) < 4.78 is 1.96. The molecule has 2 heterocycles. The van der Waals surface area contributed by atoms with E-state index in [1.165, 1.54) is 11.8 Å². The van der Waals surface area contributed by atoms with E-state index in [1.54, 1.807) is 0 Å². The average Bonchev–Trinajstić information content (AvgIpc) is 3.13. The van der Waals surface area contributed by atoms with Crippen LogP contribution < -0.4 is 5.32 Å². The molecular formula is C26H32N4O2S. The molecule has 2 amide bonds. The van der Waals surface area contributed by atoms with Gasteiger partial charge in [0.15, 0.2) is 5.16 Å². The highest BCUT2D eigenvalue weighted by Gasteiger charge is 2.29. The van der Waals surface area contributed by atoms with Crippen LogP contribution in [0, 0.1) is 13.8 Å². The quantitative estimate of drug-likeness (QED) is 0.511. The summed E-state index contributed by atoms with van der Waals surface area (Å²) in [5, 5.41) is 3.70. The zero-order chi connectivity index (χ0) is 23.5. The van der Waals surface area contributed by atoms with Gasteiger partial charge in [0, 0.05) is 17.8 Å². The molecule has 0 bridgehead atoms. The number of aromatic nitrogens is 2. The van der Waals surface area contributed by atoms with Crippen LogP contribution in [0.25, 0.3) is 11.0 Å². The molecule has 174 valence electrons. The number of hydrogen-bond donors (Lipinski definition) is 1. The number of benzene rings is 2. The standard InChI is InChI=1S/C26H32N4O2S/c1-17-9-7-13-21(20(17)4)27-24(31)16-33-26-28-22-12-5-6-14-23(22)29(26)15-25(32)30-18(2)10-8-11-19(30)3/h5-7,9,12-14,18-19H,8,10-11,15-16H2,1-4H3,(H,27,31). The summed E-state index contributed by atoms with van der Waals surface area (Å²) in [6.45, 7) is 8.53. The third-order valence-electron chi connectivity index (χ3n) is 6.61. The van der Waals surface area contributed by atoms with Crippen molar-refractivity contribution >= 4 is 40.3 Å². The summed E-state index contributed by atoms with van der Waals surface area (Å²) in [6, 6.07) is 14.2. The molecule has 33 heavy (non-hydrogen) atoms. The van der Waals surface area contributed by atoms with Crippen LogP contribution >= 0.6 is 11.8 Å². The number of carbonyl (C=O) groups excluding carboxylic acids is 2. The zero-order valence-electron chi connectivity index (χ0n) is 19.8. The van der Waals surface area contributed by atoms with Gasteiger partial charge in [-0.05, 0) is 76.3 Å². The first-order valence-electron chi connectivity index (χ1n) is 11.6. The Bertz CT molecular complexity index is 1160. The van der Waals surface area contributed by atoms with Crippen LogP contribution in [0.3, 0.4) is 0 Å². The molecule has 0 aliphatic carbocycles. The Morgan fingerprint density at radius 1 is 1.06 bits per heavy atom. The highest BCUT2D eigenvalue weighted by molar-refractivity contribution is 7.99. The lowest BCUT2D eigenvalue weighted by Crippen LogP contribution is -2.48. The predicted molar refractivity (Wildman–Crippen MR) is 135 cm³/mol. The van der Waals surface area contributed by atoms with Gasteiger partial charge in [-0.15, -0.1) is 0 Å². The lowest BCUT2D eigenvalue weighted by molar-refractivity contribution is -0.138. The van der Waals surface area contributed by atoms with Crippen molar-refractivity contribution in [1.29, 1.82) is 0 Å². The summed E-state index contributed by atoms with van der Waals surface area (Å²) in [4.78, 5) is 32.8. The number of thioether (sulfide) groups is 1. The molecule has 1 aliphatic heterocycles. The van der Waals surface area contributed by atoms with Gasteiger partial charge in [-0.1, -0.05) is 36.0 Å². The summed E-state index contributed by atoms with van der Waals surface area (Å²) >= 11 is 1.37. The van der Waals surface area contributed by atoms with Gasteiger partial charge in [0.05, 0.1) is 16.8 Å². The maximum atomic E-state index is 13.3. The number of imidazole rings is 1. The molecule has 4 rings (SSSR count). The monoisotopic (exact) mass is 464 g/mol. The normalized spacial score (nSPS) is 18.5. The van der Waals surface area contributed by atoms with Crippen molar-refractivity contribution in [2.75, 3.05) is 11.1 Å². The second kappa shape index (κ2) is 10.00. The molecule has 6 nitrogen and oxygen atoms in total. The fraction of sp³-hybridized carbons (Fsp3) is 0.423. The van der Waals surface area contributed by atoms with Crippen molar-refractivity contribution in [2.24, 2.45) is 0 Å². The van der Waals surface area contributed by atoms with E-state index in [9.17, 15) is 9.59 Å². The topological polar surface area (TPSA) is 67.2 Å². The van der Waals surface area contributed by atoms with Crippen molar-refractivity contribution in [3.63, 3.8) is 0 Å². The second-order valence-electron chi connectivity index (χ2n) is 8.98. The van der Waals surface area contributed by atoms with E-state index in [0.29, 0.717) is 5.16 Å². The number of nitrogens with one attached hydrogen (secondary N) is 1. The van der Waals surface area contributed by atoms with Crippen LogP contribution in [0.2, 0.25) is 0 Å². The van der Waals surface area contributed by atoms with E-state index in [-0.39, 0.29) is 36.2 Å². The van der Waals surface area contributed by atoms with Crippen LogP contribution in [0.15, 0.2) is 47.6 Å². The molecule has 0 saturated carbocycles. The van der Waals surface area contributed by atoms with Gasteiger partial charge < -0.3 is 14.8 Å². The molecule has 2 atom stereocenters. The first-order valence-corrected chi connectivity index (χ1v) is 12.6. The Kier molecular flexibility index (Phi) is 7.08. The number of likely N-dealkylation sites (tertiary alicyclic amines) is 1. The zero-order valence-corrected chi connectivity index (χ0v) is 20.6. The fourth-order valence-corrected chi connectivity index (χ4v) is 5.46. The number of anilines is 1. The summed E-state index contributed by atoms with van der Waals surface area (Å²) in [5.41, 5.74) is 4.79. The minimum absolute atomic E-state index is 0.0862. The predicted octanol–water partition coefficient (Wildman–Crippen LogP) is 5.17. The Labute approximate surface area is 199 Å². The maximum Gasteiger partial charge on any atom is 0.243 e. The summed E-state index contributed by atoms with van der Waals surface area (Å²) in [5.74, 6) is 0.248. The molecule has 1 fully saturated rings. The van der Waals surface area contributed by atoms with Gasteiger partial charge in [-0.2, -0.15) is 0 Å². The molecule has 7 heteroatoms. The number of amides is 2. The van der Waals surface area contributed by atoms with E-state index in [2.05, 4.69) is 19.2 Å². The number of piperidine rings is 1. The first-order chi connectivity index (χ1) is 15.8. The van der Waals surface area contributed by atoms with Crippen molar-refractivity contribution < 1.29 is 9.59 Å². The van der Waals surface area contributed by atoms with E-state index < -0.39 is 0 Å². The highest BCUT2D eigenvalue weighted by Crippen LogP contribution is 2.27. The van der Waals surface area contributed by atoms with Crippen LogP contribution in [-0.4, -0.2) is 44.1 Å². The number of carbonyl (C=O) groups is 2. The van der Waals surface area contributed by atoms with Crippen molar-refractivity contribution in [3.05, 3.63) is 53.6 Å². The third-order valence-corrected chi connectivity index (χ3v) is 7.58. The van der Waals surface area contributed by atoms with Crippen LogP contribution in [0.4, 0.5) is 5.69 Å². The molecule has 3 aromatic rings. The van der Waals surface area contributed by atoms with Crippen LogP contribution in [0.5, 0.6) is 0 Å². The second-order valence-corrected chi connectivity index (χ2v) is 9.93. The Hall–Kier alpha value is -2.80. The van der Waals surface area contributed by atoms with Crippen LogP contribution in [-0.2, 0) is 16.1 Å². The third kappa shape index (κ3) is 5.08. The van der Waals surface area contributed by atoms with Gasteiger partial charge in [-0.3, -0.25) is 9.59 Å². The van der Waals surface area contributed by atoms with Crippen molar-refractivity contribution in [1.82, 2.24) is 14.5 Å². The molecule has 2 aromatic carbocycles. The number of aryl methyl sites for hydroxylation is 1. The minimum atomic E-state index is -0.0862. The van der Waals surface area contributed by atoms with Crippen molar-refractivity contribution in [2.45, 2.75) is 70.7 Å². The molecule has 1 saturated heterocycles. The molecule has 1 aromatic heterocycles. The Morgan fingerprint density at radius 3 is 2.55 bits per heavy atom. The lowest BCUT2D eigenvalue weighted by Gasteiger charge is -2.39. The smallest absolute Gasteiger partial charge is 0.243 e. The number of nitrogens with zero attached hydrogens (tertiary/aromatic N) is 3. The highest BCUT2D eigenvalue weighted by atomic mass is 32.2. The van der Waals surface area contributed by atoms with E-state index >= 15 is 0 Å². The largest absolute Gasteiger partial charge is 0.336 e. The van der Waals surface area contributed by atoms with Crippen molar-refractivity contribution in [3.8, 4) is 0 Å². The fourth-order valence-electron chi connectivity index (χ4n) is 4.65. The molecular weight excluding hydrogens is 432 g/mol. The molecule has 1 aliphatic rings. The van der Waals surface area contributed by atoms with Gasteiger partial charge in [0.25, 0.3) is 0 Å².